The van der Waals surface area contributed by atoms with Crippen LogP contribution >= 0.6 is 12.6 Å². The van der Waals surface area contributed by atoms with E-state index < -0.39 is 9.17 Å². The highest BCUT2D eigenvalue weighted by molar-refractivity contribution is 7.80. The van der Waals surface area contributed by atoms with E-state index in [1.807, 2.05) is 0 Å². The fourth-order valence-electron chi connectivity index (χ4n) is 0.224. The van der Waals surface area contributed by atoms with Gasteiger partial charge in [0.15, 0.2) is 0 Å². The summed E-state index contributed by atoms with van der Waals surface area (Å²) >= 11 is 3.87. The molecule has 0 aliphatic rings. The van der Waals surface area contributed by atoms with Crippen LogP contribution in [-0.2, 0) is 8.89 Å². The standard InChI is InChI=1S/C3H8O3SSi/c4-8(5)6-2-1-3-7/h4,7H,1-3H2. The molecular formula is C3H8O3SSi. The second-order valence-corrected chi connectivity index (χ2v) is 2.46. The van der Waals surface area contributed by atoms with Gasteiger partial charge in [-0.25, -0.2) is 0 Å². The molecule has 0 fully saturated rings. The van der Waals surface area contributed by atoms with Gasteiger partial charge < -0.3 is 9.22 Å². The van der Waals surface area contributed by atoms with Gasteiger partial charge in [-0.15, -0.1) is 0 Å². The van der Waals surface area contributed by atoms with Crippen LogP contribution in [-0.4, -0.2) is 26.3 Å². The first-order valence-electron chi connectivity index (χ1n) is 2.24. The second kappa shape index (κ2) is 5.11. The lowest BCUT2D eigenvalue weighted by Crippen LogP contribution is -2.06. The summed E-state index contributed by atoms with van der Waals surface area (Å²) in [5, 5.41) is 0. The Morgan fingerprint density at radius 2 is 2.38 bits per heavy atom. The molecule has 0 spiro atoms. The second-order valence-electron chi connectivity index (χ2n) is 1.19. The number of hydrogen-bond acceptors (Lipinski definition) is 3. The molecule has 0 atom stereocenters. The van der Waals surface area contributed by atoms with Gasteiger partial charge in [-0.2, -0.15) is 12.6 Å². The van der Waals surface area contributed by atoms with E-state index in [9.17, 15) is 4.46 Å². The molecule has 0 bridgehead atoms. The van der Waals surface area contributed by atoms with Crippen molar-refractivity contribution in [1.29, 1.82) is 0 Å². The van der Waals surface area contributed by atoms with Crippen molar-refractivity contribution in [2.45, 2.75) is 6.42 Å². The molecule has 0 unspecified atom stereocenters. The van der Waals surface area contributed by atoms with Gasteiger partial charge in [0.05, 0.1) is 6.61 Å². The Balaban J connectivity index is 2.82. The maximum absolute atomic E-state index is 9.81. The van der Waals surface area contributed by atoms with Crippen molar-refractivity contribution in [2.24, 2.45) is 0 Å². The fourth-order valence-corrected chi connectivity index (χ4v) is 0.672. The summed E-state index contributed by atoms with van der Waals surface area (Å²) in [5.41, 5.74) is 0. The summed E-state index contributed by atoms with van der Waals surface area (Å²) in [5.74, 6) is 0.690. The molecule has 1 N–H and O–H groups in total. The summed E-state index contributed by atoms with van der Waals surface area (Å²) in [6.07, 6.45) is 0.722. The van der Waals surface area contributed by atoms with Crippen LogP contribution in [0.5, 0.6) is 0 Å². The largest absolute Gasteiger partial charge is 0.764 e. The van der Waals surface area contributed by atoms with Crippen molar-refractivity contribution >= 4 is 21.8 Å². The third-order valence-corrected chi connectivity index (χ3v) is 1.30. The van der Waals surface area contributed by atoms with Crippen molar-refractivity contribution in [3.8, 4) is 0 Å². The van der Waals surface area contributed by atoms with Crippen LogP contribution in [0.1, 0.15) is 6.42 Å². The molecule has 0 aromatic rings. The van der Waals surface area contributed by atoms with Gasteiger partial charge in [0.2, 0.25) is 0 Å². The predicted octanol–water partition coefficient (Wildman–Crippen LogP) is -0.269. The fraction of sp³-hybridized carbons (Fsp3) is 1.00. The zero-order chi connectivity index (χ0) is 6.41. The first-order chi connectivity index (χ1) is 3.77. The van der Waals surface area contributed by atoms with Crippen LogP contribution in [0.2, 0.25) is 0 Å². The van der Waals surface area contributed by atoms with Gasteiger partial charge in [-0.3, -0.25) is 4.46 Å². The third-order valence-electron chi connectivity index (χ3n) is 0.528. The monoisotopic (exact) mass is 152 g/mol. The SMILES string of the molecule is O=[Si](O)OCCCS. The third kappa shape index (κ3) is 5.97. The van der Waals surface area contributed by atoms with Crippen LogP contribution in [0.15, 0.2) is 0 Å². The van der Waals surface area contributed by atoms with Gasteiger partial charge in [0, 0.05) is 0 Å². The van der Waals surface area contributed by atoms with Crippen molar-refractivity contribution in [3.63, 3.8) is 0 Å². The van der Waals surface area contributed by atoms with Crippen LogP contribution in [0, 0.1) is 0 Å². The maximum Gasteiger partial charge on any atom is 0.764 e. The van der Waals surface area contributed by atoms with Gasteiger partial charge >= 0.3 is 9.17 Å². The highest BCUT2D eigenvalue weighted by Gasteiger charge is 2.00. The Morgan fingerprint density at radius 3 is 2.75 bits per heavy atom. The molecule has 0 aliphatic heterocycles. The zero-order valence-electron chi connectivity index (χ0n) is 4.33. The molecule has 0 aromatic heterocycles. The summed E-state index contributed by atoms with van der Waals surface area (Å²) in [6.45, 7) is 0.331. The molecule has 0 rings (SSSR count). The molecule has 0 aromatic carbocycles. The van der Waals surface area contributed by atoms with Crippen molar-refractivity contribution in [3.05, 3.63) is 0 Å². The van der Waals surface area contributed by atoms with E-state index in [-0.39, 0.29) is 0 Å². The Hall–Kier alpha value is -0.0331. The average molecular weight is 152 g/mol. The molecule has 0 saturated heterocycles. The van der Waals surface area contributed by atoms with Crippen LogP contribution in [0.25, 0.3) is 0 Å². The van der Waals surface area contributed by atoms with Crippen LogP contribution in [0.4, 0.5) is 0 Å². The maximum atomic E-state index is 9.81. The van der Waals surface area contributed by atoms with E-state index in [0.717, 1.165) is 6.42 Å². The minimum absolute atomic E-state index is 0.331. The quantitative estimate of drug-likeness (QED) is 0.331. The van der Waals surface area contributed by atoms with Gasteiger partial charge in [0.1, 0.15) is 0 Å². The lowest BCUT2D eigenvalue weighted by Gasteiger charge is -1.94. The summed E-state index contributed by atoms with van der Waals surface area (Å²) < 4.78 is 14.1. The zero-order valence-corrected chi connectivity index (χ0v) is 6.23. The van der Waals surface area contributed by atoms with Crippen molar-refractivity contribution in [1.82, 2.24) is 0 Å². The summed E-state index contributed by atoms with van der Waals surface area (Å²) in [4.78, 5) is 8.08. The molecule has 48 valence electrons. The Labute approximate surface area is 55.0 Å². The number of thiol groups is 1. The van der Waals surface area contributed by atoms with Crippen molar-refractivity contribution in [2.75, 3.05) is 12.4 Å². The highest BCUT2D eigenvalue weighted by Crippen LogP contribution is 1.83. The lowest BCUT2D eigenvalue weighted by molar-refractivity contribution is 0.225. The Morgan fingerprint density at radius 1 is 1.75 bits per heavy atom. The molecule has 0 radical (unpaired) electrons. The van der Waals surface area contributed by atoms with Crippen molar-refractivity contribution < 1.29 is 13.7 Å². The number of rotatable bonds is 4. The molecule has 0 heterocycles. The number of hydrogen-bond donors (Lipinski definition) is 2. The normalized spacial score (nSPS) is 8.62. The van der Waals surface area contributed by atoms with E-state index in [0.29, 0.717) is 12.4 Å². The van der Waals surface area contributed by atoms with E-state index in [1.165, 1.54) is 0 Å². The highest BCUT2D eigenvalue weighted by atomic mass is 32.1. The molecule has 5 heteroatoms. The van der Waals surface area contributed by atoms with Gasteiger partial charge in [0.25, 0.3) is 0 Å². The lowest BCUT2D eigenvalue weighted by atomic mass is 10.5. The van der Waals surface area contributed by atoms with Crippen LogP contribution < -0.4 is 0 Å². The van der Waals surface area contributed by atoms with Gasteiger partial charge in [-0.05, 0) is 12.2 Å². The minimum Gasteiger partial charge on any atom is -0.511 e. The van der Waals surface area contributed by atoms with E-state index in [1.54, 1.807) is 0 Å². The molecule has 8 heavy (non-hydrogen) atoms. The minimum atomic E-state index is -2.69. The summed E-state index contributed by atoms with van der Waals surface area (Å²) in [6, 6.07) is 0. The van der Waals surface area contributed by atoms with E-state index in [2.05, 4.69) is 17.1 Å². The first kappa shape index (κ1) is 7.97. The Bertz CT molecular complexity index is 76.9. The molecule has 0 aliphatic carbocycles. The van der Waals surface area contributed by atoms with Gasteiger partial charge in [-0.1, -0.05) is 0 Å². The van der Waals surface area contributed by atoms with Crippen LogP contribution in [0.3, 0.4) is 0 Å². The molecular weight excluding hydrogens is 144 g/mol. The predicted molar refractivity (Wildman–Crippen MR) is 33.1 cm³/mol. The molecule has 3 nitrogen and oxygen atoms in total. The topological polar surface area (TPSA) is 46.5 Å². The summed E-state index contributed by atoms with van der Waals surface area (Å²) in [7, 11) is -2.69. The van der Waals surface area contributed by atoms with E-state index in [4.69, 9.17) is 4.80 Å². The smallest absolute Gasteiger partial charge is 0.511 e. The average Bonchev–Trinajstić information content (AvgIpc) is 1.66. The molecule has 0 amide bonds. The molecule has 0 saturated carbocycles. The van der Waals surface area contributed by atoms with E-state index >= 15 is 0 Å². The Kier molecular flexibility index (Phi) is 5.09. The first-order valence-corrected chi connectivity index (χ1v) is 4.13.